The van der Waals surface area contributed by atoms with E-state index in [0.29, 0.717) is 59.1 Å². The maximum atomic E-state index is 13.1. The quantitative estimate of drug-likeness (QED) is 0.100. The van der Waals surface area contributed by atoms with Crippen LogP contribution < -0.4 is 5.63 Å². The van der Waals surface area contributed by atoms with Crippen LogP contribution in [0.4, 0.5) is 0 Å². The van der Waals surface area contributed by atoms with Crippen LogP contribution in [-0.4, -0.2) is 30.9 Å². The highest BCUT2D eigenvalue weighted by atomic mass is 16.5. The molecule has 0 radical (unpaired) electrons. The van der Waals surface area contributed by atoms with Crippen molar-refractivity contribution in [3.05, 3.63) is 106 Å². The van der Waals surface area contributed by atoms with Gasteiger partial charge < -0.3 is 13.9 Å². The van der Waals surface area contributed by atoms with Crippen LogP contribution in [0.5, 0.6) is 0 Å². The minimum Gasteiger partial charge on any atom is -0.462 e. The van der Waals surface area contributed by atoms with Crippen molar-refractivity contribution in [1.29, 1.82) is 0 Å². The highest BCUT2D eigenvalue weighted by molar-refractivity contribution is 5.95. The Balaban J connectivity index is 1.89. The molecule has 41 heavy (non-hydrogen) atoms. The SMILES string of the molecule is C=C(C)C(=O)Cc1ccc(-c2cc3cc(CCCOC(=O)C(=C)C)cc(CCCOC(=O)C(=C)C)c3oc2=O)cc1. The largest absolute Gasteiger partial charge is 0.462 e. The first kappa shape index (κ1) is 31.0. The Kier molecular flexibility index (Phi) is 10.8. The molecular weight excluding hydrogens is 520 g/mol. The average molecular weight is 557 g/mol. The Morgan fingerprint density at radius 3 is 1.90 bits per heavy atom. The van der Waals surface area contributed by atoms with E-state index < -0.39 is 17.6 Å². The molecule has 0 N–H and O–H groups in total. The zero-order valence-electron chi connectivity index (χ0n) is 24.0. The van der Waals surface area contributed by atoms with Gasteiger partial charge in [0.15, 0.2) is 5.78 Å². The van der Waals surface area contributed by atoms with Crippen LogP contribution >= 0.6 is 0 Å². The predicted molar refractivity (Wildman–Crippen MR) is 160 cm³/mol. The maximum absolute atomic E-state index is 13.1. The molecule has 1 heterocycles. The number of hydrogen-bond donors (Lipinski definition) is 0. The third-order valence-electron chi connectivity index (χ3n) is 6.44. The Labute approximate surface area is 240 Å². The van der Waals surface area contributed by atoms with E-state index in [4.69, 9.17) is 13.9 Å². The topological polar surface area (TPSA) is 99.9 Å². The van der Waals surface area contributed by atoms with Gasteiger partial charge >= 0.3 is 17.6 Å². The van der Waals surface area contributed by atoms with Crippen LogP contribution in [0.2, 0.25) is 0 Å². The number of ketones is 1. The monoisotopic (exact) mass is 556 g/mol. The first-order chi connectivity index (χ1) is 19.5. The zero-order chi connectivity index (χ0) is 30.1. The lowest BCUT2D eigenvalue weighted by Gasteiger charge is -2.12. The smallest absolute Gasteiger partial charge is 0.344 e. The van der Waals surface area contributed by atoms with Crippen LogP contribution in [0.1, 0.15) is 50.3 Å². The summed E-state index contributed by atoms with van der Waals surface area (Å²) in [5, 5.41) is 0.756. The standard InChI is InChI=1S/C34H36O7/c1-21(2)30(35)19-24-11-13-26(14-12-24)29-20-28-18-25(9-7-15-39-32(36)22(3)4)17-27(31(28)41-34(29)38)10-8-16-40-33(37)23(5)6/h11-14,17-18,20H,1,3,5,7-10,15-16,19H2,2,4,6H3. The lowest BCUT2D eigenvalue weighted by atomic mass is 9.97. The van der Waals surface area contributed by atoms with E-state index in [1.165, 1.54) is 0 Å². The van der Waals surface area contributed by atoms with Crippen LogP contribution in [-0.2, 0) is 43.1 Å². The van der Waals surface area contributed by atoms with Gasteiger partial charge in [-0.2, -0.15) is 0 Å². The molecule has 0 fully saturated rings. The Morgan fingerprint density at radius 2 is 1.34 bits per heavy atom. The zero-order valence-corrected chi connectivity index (χ0v) is 24.0. The summed E-state index contributed by atoms with van der Waals surface area (Å²) >= 11 is 0. The third kappa shape index (κ3) is 8.73. The second-order valence-electron chi connectivity index (χ2n) is 10.2. The van der Waals surface area contributed by atoms with E-state index in [-0.39, 0.29) is 25.4 Å². The highest BCUT2D eigenvalue weighted by Gasteiger charge is 2.14. The number of allylic oxidation sites excluding steroid dienone is 1. The maximum Gasteiger partial charge on any atom is 0.344 e. The Hall–Kier alpha value is -4.52. The van der Waals surface area contributed by atoms with Crippen molar-refractivity contribution in [2.24, 2.45) is 0 Å². The summed E-state index contributed by atoms with van der Waals surface area (Å²) in [6.45, 7) is 16.2. The first-order valence-electron chi connectivity index (χ1n) is 13.5. The molecule has 0 bridgehead atoms. The molecule has 0 atom stereocenters. The third-order valence-corrected chi connectivity index (χ3v) is 6.44. The van der Waals surface area contributed by atoms with Gasteiger partial charge in [-0.25, -0.2) is 14.4 Å². The molecule has 7 heteroatoms. The Bertz CT molecular complexity index is 1550. The molecule has 0 unspecified atom stereocenters. The fourth-order valence-corrected chi connectivity index (χ4v) is 4.16. The molecule has 0 spiro atoms. The van der Waals surface area contributed by atoms with Crippen molar-refractivity contribution in [3.8, 4) is 11.1 Å². The van der Waals surface area contributed by atoms with Gasteiger partial charge in [0.05, 0.1) is 18.8 Å². The van der Waals surface area contributed by atoms with Crippen molar-refractivity contribution >= 4 is 28.7 Å². The molecule has 2 aromatic carbocycles. The highest BCUT2D eigenvalue weighted by Crippen LogP contribution is 2.27. The normalized spacial score (nSPS) is 10.7. The first-order valence-corrected chi connectivity index (χ1v) is 13.5. The molecule has 0 aliphatic heterocycles. The molecule has 0 saturated heterocycles. The van der Waals surface area contributed by atoms with Gasteiger partial charge in [0.2, 0.25) is 0 Å². The van der Waals surface area contributed by atoms with E-state index >= 15 is 0 Å². The van der Waals surface area contributed by atoms with Crippen molar-refractivity contribution < 1.29 is 28.3 Å². The van der Waals surface area contributed by atoms with E-state index in [9.17, 15) is 19.2 Å². The molecule has 1 aromatic heterocycles. The van der Waals surface area contributed by atoms with Gasteiger partial charge in [-0.15, -0.1) is 0 Å². The van der Waals surface area contributed by atoms with Gasteiger partial charge in [0.1, 0.15) is 5.58 Å². The van der Waals surface area contributed by atoms with Crippen LogP contribution in [0, 0.1) is 0 Å². The van der Waals surface area contributed by atoms with Crippen molar-refractivity contribution in [2.75, 3.05) is 13.2 Å². The number of hydrogen-bond acceptors (Lipinski definition) is 7. The van der Waals surface area contributed by atoms with Gasteiger partial charge in [0.25, 0.3) is 0 Å². The summed E-state index contributed by atoms with van der Waals surface area (Å²) in [6, 6.07) is 13.0. The molecule has 214 valence electrons. The van der Waals surface area contributed by atoms with Crippen molar-refractivity contribution in [3.63, 3.8) is 0 Å². The number of carbonyl (C=O) groups is 3. The number of Topliss-reactive ketones (excluding diaryl/α,β-unsaturated/α-hetero) is 1. The average Bonchev–Trinajstić information content (AvgIpc) is 2.93. The lowest BCUT2D eigenvalue weighted by molar-refractivity contribution is -0.139. The summed E-state index contributed by atoms with van der Waals surface area (Å²) in [7, 11) is 0. The lowest BCUT2D eigenvalue weighted by Crippen LogP contribution is -2.08. The molecule has 0 aliphatic carbocycles. The van der Waals surface area contributed by atoms with E-state index in [0.717, 1.165) is 22.1 Å². The van der Waals surface area contributed by atoms with Crippen LogP contribution in [0.3, 0.4) is 0 Å². The number of aryl methyl sites for hydroxylation is 2. The minimum absolute atomic E-state index is 0.0354. The number of fused-ring (bicyclic) bond motifs is 1. The second kappa shape index (κ2) is 14.2. The van der Waals surface area contributed by atoms with Gasteiger partial charge in [0, 0.05) is 23.0 Å². The van der Waals surface area contributed by atoms with Crippen LogP contribution in [0.25, 0.3) is 22.1 Å². The molecular formula is C34H36O7. The number of esters is 2. The molecule has 7 nitrogen and oxygen atoms in total. The summed E-state index contributed by atoms with van der Waals surface area (Å²) in [4.78, 5) is 48.5. The summed E-state index contributed by atoms with van der Waals surface area (Å²) < 4.78 is 16.3. The van der Waals surface area contributed by atoms with Crippen molar-refractivity contribution in [2.45, 2.75) is 52.9 Å². The molecule has 0 amide bonds. The molecule has 0 aliphatic rings. The fraction of sp³-hybridized carbons (Fsp3) is 0.294. The summed E-state index contributed by atoms with van der Waals surface area (Å²) in [5.74, 6) is -0.902. The fourth-order valence-electron chi connectivity index (χ4n) is 4.16. The number of rotatable bonds is 14. The van der Waals surface area contributed by atoms with Gasteiger partial charge in [-0.3, -0.25) is 4.79 Å². The molecule has 0 saturated carbocycles. The number of ether oxygens (including phenoxy) is 2. The molecule has 3 rings (SSSR count). The molecule has 3 aromatic rings. The summed E-state index contributed by atoms with van der Waals surface area (Å²) in [6.07, 6.45) is 2.54. The number of benzene rings is 2. The second-order valence-corrected chi connectivity index (χ2v) is 10.2. The van der Waals surface area contributed by atoms with Gasteiger partial charge in [-0.05, 0) is 86.4 Å². The predicted octanol–water partition coefficient (Wildman–Crippen LogP) is 6.25. The van der Waals surface area contributed by atoms with E-state index in [2.05, 4.69) is 19.7 Å². The van der Waals surface area contributed by atoms with E-state index in [1.807, 2.05) is 30.3 Å². The van der Waals surface area contributed by atoms with E-state index in [1.54, 1.807) is 32.9 Å². The Morgan fingerprint density at radius 1 is 0.756 bits per heavy atom. The van der Waals surface area contributed by atoms with Gasteiger partial charge in [-0.1, -0.05) is 50.1 Å². The minimum atomic E-state index is -0.474. The van der Waals surface area contributed by atoms with Crippen LogP contribution in [0.15, 0.2) is 88.1 Å². The summed E-state index contributed by atoms with van der Waals surface area (Å²) in [5.41, 5.74) is 4.91. The number of carbonyl (C=O) groups excluding carboxylic acids is 3. The van der Waals surface area contributed by atoms with Crippen molar-refractivity contribution in [1.82, 2.24) is 0 Å².